The van der Waals surface area contributed by atoms with Crippen LogP contribution in [0.2, 0.25) is 0 Å². The number of rotatable bonds is 2. The van der Waals surface area contributed by atoms with Crippen molar-refractivity contribution < 1.29 is 15.3 Å². The van der Waals surface area contributed by atoms with Crippen LogP contribution in [-0.2, 0) is 0 Å². The molecule has 2 rings (SSSR count). The van der Waals surface area contributed by atoms with Gasteiger partial charge in [0.05, 0.1) is 17.3 Å². The number of fused-ring (bicyclic) bond motifs is 2. The van der Waals surface area contributed by atoms with Crippen molar-refractivity contribution in [1.29, 1.82) is 0 Å². The molecule has 2 aliphatic carbocycles. The fourth-order valence-corrected chi connectivity index (χ4v) is 4.31. The summed E-state index contributed by atoms with van der Waals surface area (Å²) in [6, 6.07) is 0. The zero-order valence-corrected chi connectivity index (χ0v) is 10.6. The molecule has 3 N–H and O–H groups in total. The Morgan fingerprint density at radius 3 is 1.81 bits per heavy atom. The van der Waals surface area contributed by atoms with Crippen molar-refractivity contribution in [3.05, 3.63) is 0 Å². The predicted octanol–water partition coefficient (Wildman–Crippen LogP) is 1.16. The molecule has 0 aliphatic heterocycles. The maximum atomic E-state index is 10.3. The summed E-state index contributed by atoms with van der Waals surface area (Å²) in [5, 5.41) is 30.5. The smallest absolute Gasteiger partial charge is 0.0627 e. The van der Waals surface area contributed by atoms with Gasteiger partial charge < -0.3 is 15.3 Å². The molecule has 94 valence electrons. The first-order chi connectivity index (χ1) is 7.12. The molecule has 16 heavy (non-hydrogen) atoms. The van der Waals surface area contributed by atoms with Crippen molar-refractivity contribution in [2.75, 3.05) is 0 Å². The molecule has 3 heteroatoms. The van der Waals surface area contributed by atoms with E-state index >= 15 is 0 Å². The van der Waals surface area contributed by atoms with Crippen LogP contribution in [0.5, 0.6) is 0 Å². The Kier molecular flexibility index (Phi) is 2.65. The summed E-state index contributed by atoms with van der Waals surface area (Å²) in [6.45, 7) is 7.24. The second kappa shape index (κ2) is 3.44. The average molecular weight is 228 g/mol. The number of aliphatic hydroxyl groups excluding tert-OH is 1. The van der Waals surface area contributed by atoms with Crippen LogP contribution in [0.3, 0.4) is 0 Å². The Morgan fingerprint density at radius 2 is 1.38 bits per heavy atom. The van der Waals surface area contributed by atoms with Gasteiger partial charge in [-0.2, -0.15) is 0 Å². The number of hydrogen-bond donors (Lipinski definition) is 3. The highest BCUT2D eigenvalue weighted by Crippen LogP contribution is 2.58. The predicted molar refractivity (Wildman–Crippen MR) is 61.8 cm³/mol. The van der Waals surface area contributed by atoms with E-state index < -0.39 is 11.2 Å². The third kappa shape index (κ3) is 1.79. The Labute approximate surface area is 97.5 Å². The highest BCUT2D eigenvalue weighted by Gasteiger charge is 2.60. The van der Waals surface area contributed by atoms with Crippen LogP contribution in [0.15, 0.2) is 0 Å². The van der Waals surface area contributed by atoms with E-state index in [1.165, 1.54) is 0 Å². The minimum absolute atomic E-state index is 0.00116. The van der Waals surface area contributed by atoms with Crippen LogP contribution in [0.25, 0.3) is 0 Å². The molecular formula is C13H24O3. The van der Waals surface area contributed by atoms with Crippen molar-refractivity contribution in [1.82, 2.24) is 0 Å². The lowest BCUT2D eigenvalue weighted by molar-refractivity contribution is -0.123. The van der Waals surface area contributed by atoms with Gasteiger partial charge in [-0.05, 0) is 64.2 Å². The van der Waals surface area contributed by atoms with E-state index in [9.17, 15) is 15.3 Å². The van der Waals surface area contributed by atoms with Gasteiger partial charge in [-0.15, -0.1) is 0 Å². The standard InChI is InChI=1S/C13H24O3/c1-12(2,15)10-7-5-8(9(14)6-7)11(10)13(3,4)16/h7-11,14-16H,5-6H2,1-4H3/t7-,8+,9+,10+,11+/m0/s1. The molecule has 2 saturated carbocycles. The monoisotopic (exact) mass is 228 g/mol. The summed E-state index contributed by atoms with van der Waals surface area (Å²) in [4.78, 5) is 0. The highest BCUT2D eigenvalue weighted by molar-refractivity contribution is 5.09. The van der Waals surface area contributed by atoms with Crippen LogP contribution in [0, 0.1) is 23.7 Å². The van der Waals surface area contributed by atoms with E-state index in [-0.39, 0.29) is 23.9 Å². The van der Waals surface area contributed by atoms with E-state index in [2.05, 4.69) is 0 Å². The third-order valence-electron chi connectivity index (χ3n) is 4.60. The first kappa shape index (κ1) is 12.3. The van der Waals surface area contributed by atoms with Crippen LogP contribution < -0.4 is 0 Å². The minimum atomic E-state index is -0.828. The van der Waals surface area contributed by atoms with Crippen LogP contribution in [0.1, 0.15) is 40.5 Å². The first-order valence-electron chi connectivity index (χ1n) is 6.25. The Hall–Kier alpha value is -0.120. The number of aliphatic hydroxyl groups is 3. The van der Waals surface area contributed by atoms with Gasteiger partial charge in [-0.25, -0.2) is 0 Å². The SMILES string of the molecule is CC(C)(O)[C@@H]1[C@H]2C[C@@H]([C@H]1C(C)(C)O)[C@H](O)C2. The van der Waals surface area contributed by atoms with E-state index in [4.69, 9.17) is 0 Å². The Bertz CT molecular complexity index is 274. The van der Waals surface area contributed by atoms with E-state index in [1.54, 1.807) is 13.8 Å². The molecule has 0 aromatic heterocycles. The van der Waals surface area contributed by atoms with Crippen molar-refractivity contribution >= 4 is 0 Å². The quantitative estimate of drug-likeness (QED) is 0.664. The molecule has 0 unspecified atom stereocenters. The molecule has 3 nitrogen and oxygen atoms in total. The fourth-order valence-electron chi connectivity index (χ4n) is 4.31. The molecule has 0 spiro atoms. The second-order valence-corrected chi connectivity index (χ2v) is 6.82. The normalized spacial score (nSPS) is 44.1. The summed E-state index contributed by atoms with van der Waals surface area (Å²) >= 11 is 0. The van der Waals surface area contributed by atoms with Crippen molar-refractivity contribution in [2.45, 2.75) is 57.8 Å². The van der Waals surface area contributed by atoms with Gasteiger partial charge in [0.15, 0.2) is 0 Å². The molecule has 2 aliphatic rings. The summed E-state index contributed by atoms with van der Waals surface area (Å²) in [5.74, 6) is 0.611. The van der Waals surface area contributed by atoms with Crippen LogP contribution >= 0.6 is 0 Å². The highest BCUT2D eigenvalue weighted by atomic mass is 16.3. The molecule has 5 atom stereocenters. The molecule has 0 radical (unpaired) electrons. The van der Waals surface area contributed by atoms with Crippen molar-refractivity contribution in [2.24, 2.45) is 23.7 Å². The van der Waals surface area contributed by atoms with Crippen LogP contribution in [-0.4, -0.2) is 32.6 Å². The number of hydrogen-bond acceptors (Lipinski definition) is 3. The van der Waals surface area contributed by atoms with E-state index in [0.717, 1.165) is 12.8 Å². The summed E-state index contributed by atoms with van der Waals surface area (Å²) in [6.07, 6.45) is 1.44. The third-order valence-corrected chi connectivity index (χ3v) is 4.60. The van der Waals surface area contributed by atoms with Gasteiger partial charge in [0.1, 0.15) is 0 Å². The molecule has 0 aromatic carbocycles. The average Bonchev–Trinajstić information content (AvgIpc) is 2.55. The lowest BCUT2D eigenvalue weighted by Crippen LogP contribution is -2.51. The van der Waals surface area contributed by atoms with Gasteiger partial charge in [0.25, 0.3) is 0 Å². The second-order valence-electron chi connectivity index (χ2n) is 6.82. The minimum Gasteiger partial charge on any atom is -0.393 e. The molecular weight excluding hydrogens is 204 g/mol. The lowest BCUT2D eigenvalue weighted by Gasteiger charge is -2.45. The van der Waals surface area contributed by atoms with E-state index in [1.807, 2.05) is 13.8 Å². The summed E-state index contributed by atoms with van der Waals surface area (Å²) < 4.78 is 0. The molecule has 2 bridgehead atoms. The Balaban J connectivity index is 2.32. The van der Waals surface area contributed by atoms with Crippen molar-refractivity contribution in [3.63, 3.8) is 0 Å². The molecule has 2 fully saturated rings. The van der Waals surface area contributed by atoms with Crippen molar-refractivity contribution in [3.8, 4) is 0 Å². The zero-order chi connectivity index (χ0) is 12.3. The largest absolute Gasteiger partial charge is 0.393 e. The molecule has 0 saturated heterocycles. The fraction of sp³-hybridized carbons (Fsp3) is 1.00. The van der Waals surface area contributed by atoms with E-state index in [0.29, 0.717) is 5.92 Å². The topological polar surface area (TPSA) is 60.7 Å². The maximum absolute atomic E-state index is 10.3. The molecule has 0 heterocycles. The molecule has 0 amide bonds. The summed E-state index contributed by atoms with van der Waals surface area (Å²) in [5.41, 5.74) is -1.60. The van der Waals surface area contributed by atoms with Crippen LogP contribution in [0.4, 0.5) is 0 Å². The van der Waals surface area contributed by atoms with Gasteiger partial charge in [0, 0.05) is 0 Å². The van der Waals surface area contributed by atoms with Gasteiger partial charge >= 0.3 is 0 Å². The van der Waals surface area contributed by atoms with Gasteiger partial charge in [-0.3, -0.25) is 0 Å². The molecule has 0 aromatic rings. The van der Waals surface area contributed by atoms with Gasteiger partial charge in [-0.1, -0.05) is 0 Å². The lowest BCUT2D eigenvalue weighted by atomic mass is 9.65. The Morgan fingerprint density at radius 1 is 0.875 bits per heavy atom. The maximum Gasteiger partial charge on any atom is 0.0627 e. The van der Waals surface area contributed by atoms with Gasteiger partial charge in [0.2, 0.25) is 0 Å². The zero-order valence-electron chi connectivity index (χ0n) is 10.6. The summed E-state index contributed by atoms with van der Waals surface area (Å²) in [7, 11) is 0. The first-order valence-corrected chi connectivity index (χ1v) is 6.25.